The smallest absolute Gasteiger partial charge is 0.407 e. The Kier molecular flexibility index (Phi) is 13.1. The topological polar surface area (TPSA) is 178 Å². The van der Waals surface area contributed by atoms with E-state index in [2.05, 4.69) is 86.2 Å². The van der Waals surface area contributed by atoms with Crippen molar-refractivity contribution in [1.82, 2.24) is 45.3 Å². The minimum Gasteiger partial charge on any atom is -0.453 e. The number of benzene rings is 3. The standard InChI is InChI=1S/C46H57N9O6/c1-8-35(51-45(58)60-6)43(56)54-19-9-10-38(54)41-47-24-37(50-41)34-18-17-32-21-31(15-16-33(32)22-34)29-11-13-30(14-12-29)36-23-48-42(49-36)39-20-28(25-53(4)5)26-55(39)44(57)40(27(2)3)52-46(59)61-7/h11-18,21-24,27-28,35,38-40H,8-10,19-20,25-26H2,1-7H3,(H,47,50)(H,48,49)(H,51,58)(H,52,59)/t28-,35+,38+,39+,40+/m1/s1. The molecule has 0 radical (unpaired) electrons. The van der Waals surface area contributed by atoms with Crippen LogP contribution in [0.3, 0.4) is 0 Å². The summed E-state index contributed by atoms with van der Waals surface area (Å²) in [5.41, 5.74) is 5.87. The monoisotopic (exact) mass is 831 g/mol. The number of hydrogen-bond donors (Lipinski definition) is 4. The number of likely N-dealkylation sites (tertiary alicyclic amines) is 2. The molecule has 4 amide bonds. The Hall–Kier alpha value is -6.22. The Balaban J connectivity index is 1.04. The zero-order valence-corrected chi connectivity index (χ0v) is 36.0. The summed E-state index contributed by atoms with van der Waals surface area (Å²) in [6.07, 6.45) is 5.25. The summed E-state index contributed by atoms with van der Waals surface area (Å²) >= 11 is 0. The van der Waals surface area contributed by atoms with Crippen molar-refractivity contribution in [3.05, 3.63) is 84.7 Å². The predicted octanol–water partition coefficient (Wildman–Crippen LogP) is 6.92. The Labute approximate surface area is 356 Å². The molecule has 7 rings (SSSR count). The molecule has 15 nitrogen and oxygen atoms in total. The van der Waals surface area contributed by atoms with E-state index in [4.69, 9.17) is 19.4 Å². The lowest BCUT2D eigenvalue weighted by Crippen LogP contribution is -2.51. The number of alkyl carbamates (subject to hydrolysis) is 2. The highest BCUT2D eigenvalue weighted by Crippen LogP contribution is 2.37. The van der Waals surface area contributed by atoms with Gasteiger partial charge in [-0.1, -0.05) is 69.3 Å². The lowest BCUT2D eigenvalue weighted by Gasteiger charge is -2.30. The van der Waals surface area contributed by atoms with Crippen molar-refractivity contribution in [2.75, 3.05) is 47.9 Å². The number of ether oxygens (including phenoxy) is 2. The van der Waals surface area contributed by atoms with E-state index in [1.807, 2.05) is 52.2 Å². The maximum atomic E-state index is 14.0. The van der Waals surface area contributed by atoms with Crippen molar-refractivity contribution in [3.8, 4) is 33.6 Å². The molecule has 5 atom stereocenters. The van der Waals surface area contributed by atoms with Gasteiger partial charge in [-0.2, -0.15) is 0 Å². The van der Waals surface area contributed by atoms with Crippen LogP contribution in [0, 0.1) is 11.8 Å². The second-order valence-corrected chi connectivity index (χ2v) is 16.7. The fourth-order valence-corrected chi connectivity index (χ4v) is 8.75. The molecular weight excluding hydrogens is 775 g/mol. The van der Waals surface area contributed by atoms with Crippen molar-refractivity contribution in [2.24, 2.45) is 11.8 Å². The molecule has 2 aromatic heterocycles. The van der Waals surface area contributed by atoms with Crippen LogP contribution in [0.15, 0.2) is 73.1 Å². The molecule has 3 aromatic carbocycles. The molecule has 15 heteroatoms. The second-order valence-electron chi connectivity index (χ2n) is 16.7. The minimum atomic E-state index is -0.718. The summed E-state index contributed by atoms with van der Waals surface area (Å²) in [5.74, 6) is 1.29. The third kappa shape index (κ3) is 9.41. The lowest BCUT2D eigenvalue weighted by molar-refractivity contribution is -0.136. The number of aromatic nitrogens is 4. The van der Waals surface area contributed by atoms with E-state index in [0.717, 1.165) is 81.9 Å². The summed E-state index contributed by atoms with van der Waals surface area (Å²) in [4.78, 5) is 73.7. The van der Waals surface area contributed by atoms with Crippen LogP contribution in [-0.2, 0) is 19.1 Å². The van der Waals surface area contributed by atoms with Crippen molar-refractivity contribution in [2.45, 2.75) is 70.6 Å². The van der Waals surface area contributed by atoms with E-state index in [-0.39, 0.29) is 35.7 Å². The molecule has 61 heavy (non-hydrogen) atoms. The van der Waals surface area contributed by atoms with Gasteiger partial charge in [-0.15, -0.1) is 0 Å². The first-order valence-electron chi connectivity index (χ1n) is 21.1. The van der Waals surface area contributed by atoms with Gasteiger partial charge in [0.25, 0.3) is 0 Å². The third-order valence-electron chi connectivity index (χ3n) is 11.9. The van der Waals surface area contributed by atoms with Gasteiger partial charge in [0.2, 0.25) is 11.8 Å². The van der Waals surface area contributed by atoms with Crippen molar-refractivity contribution in [3.63, 3.8) is 0 Å². The van der Waals surface area contributed by atoms with Crippen LogP contribution < -0.4 is 10.6 Å². The maximum Gasteiger partial charge on any atom is 0.407 e. The van der Waals surface area contributed by atoms with Crippen LogP contribution >= 0.6 is 0 Å². The molecule has 5 aromatic rings. The molecule has 4 N–H and O–H groups in total. The molecule has 2 aliphatic rings. The largest absolute Gasteiger partial charge is 0.453 e. The van der Waals surface area contributed by atoms with Gasteiger partial charge >= 0.3 is 12.2 Å². The Morgan fingerprint density at radius 1 is 0.770 bits per heavy atom. The molecular formula is C46H57N9O6. The van der Waals surface area contributed by atoms with Gasteiger partial charge in [-0.3, -0.25) is 9.59 Å². The first-order chi connectivity index (χ1) is 29.4. The van der Waals surface area contributed by atoms with Gasteiger partial charge in [-0.25, -0.2) is 19.6 Å². The molecule has 0 spiro atoms. The molecule has 2 saturated heterocycles. The third-order valence-corrected chi connectivity index (χ3v) is 11.9. The molecule has 0 bridgehead atoms. The fourth-order valence-electron chi connectivity index (χ4n) is 8.75. The van der Waals surface area contributed by atoms with E-state index in [9.17, 15) is 19.2 Å². The van der Waals surface area contributed by atoms with Crippen LogP contribution in [0.25, 0.3) is 44.4 Å². The highest BCUT2D eigenvalue weighted by atomic mass is 16.5. The van der Waals surface area contributed by atoms with Gasteiger partial charge in [0.15, 0.2) is 0 Å². The number of nitrogens with one attached hydrogen (secondary N) is 4. The number of aromatic amines is 2. The van der Waals surface area contributed by atoms with Crippen molar-refractivity contribution < 1.29 is 28.7 Å². The number of amides is 4. The van der Waals surface area contributed by atoms with E-state index >= 15 is 0 Å². The van der Waals surface area contributed by atoms with Gasteiger partial charge in [0.05, 0.1) is 50.1 Å². The minimum absolute atomic E-state index is 0.129. The maximum absolute atomic E-state index is 14.0. The SMILES string of the molecule is CC[C@H](NC(=O)OC)C(=O)N1CCC[C@H]1c1ncc(-c2ccc3cc(-c4ccc(-c5cnc([C@@H]6C[C@H](CN(C)C)CN6C(=O)[C@@H](NC(=O)OC)C(C)C)[nH]5)cc4)ccc3c2)[nH]1. The number of rotatable bonds is 13. The number of hydrogen-bond acceptors (Lipinski definition) is 9. The molecule has 2 fully saturated rings. The first-order valence-corrected chi connectivity index (χ1v) is 21.1. The van der Waals surface area contributed by atoms with Gasteiger partial charge in [-0.05, 0) is 91.2 Å². The van der Waals surface area contributed by atoms with Crippen molar-refractivity contribution in [1.29, 1.82) is 0 Å². The number of methoxy groups -OCH3 is 2. The molecule has 0 saturated carbocycles. The fraction of sp³-hybridized carbons (Fsp3) is 0.435. The van der Waals surface area contributed by atoms with Gasteiger partial charge in [0, 0.05) is 25.2 Å². The Bertz CT molecular complexity index is 2350. The van der Waals surface area contributed by atoms with Crippen LogP contribution in [0.1, 0.15) is 70.2 Å². The number of fused-ring (bicyclic) bond motifs is 1. The summed E-state index contributed by atoms with van der Waals surface area (Å²) in [7, 11) is 6.65. The first kappa shape index (κ1) is 42.9. The molecule has 2 aliphatic heterocycles. The summed E-state index contributed by atoms with van der Waals surface area (Å²) in [6, 6.07) is 19.3. The Morgan fingerprint density at radius 2 is 1.34 bits per heavy atom. The lowest BCUT2D eigenvalue weighted by atomic mass is 9.98. The van der Waals surface area contributed by atoms with E-state index in [1.165, 1.54) is 14.2 Å². The summed E-state index contributed by atoms with van der Waals surface area (Å²) in [5, 5.41) is 7.59. The number of carbonyl (C=O) groups excluding carboxylic acids is 4. The van der Waals surface area contributed by atoms with Crippen molar-refractivity contribution >= 4 is 34.8 Å². The second kappa shape index (κ2) is 18.6. The predicted molar refractivity (Wildman–Crippen MR) is 233 cm³/mol. The van der Waals surface area contributed by atoms with Gasteiger partial charge in [0.1, 0.15) is 23.7 Å². The zero-order valence-electron chi connectivity index (χ0n) is 36.0. The van der Waals surface area contributed by atoms with Crippen LogP contribution in [-0.4, -0.2) is 119 Å². The number of H-pyrrole nitrogens is 2. The molecule has 0 aliphatic carbocycles. The molecule has 0 unspecified atom stereocenters. The quantitative estimate of drug-likeness (QED) is 0.0981. The number of carbonyl (C=O) groups is 4. The molecule has 4 heterocycles. The average Bonchev–Trinajstić information content (AvgIpc) is 4.10. The average molecular weight is 832 g/mol. The summed E-state index contributed by atoms with van der Waals surface area (Å²) in [6.45, 7) is 7.69. The van der Waals surface area contributed by atoms with Crippen LogP contribution in [0.5, 0.6) is 0 Å². The highest BCUT2D eigenvalue weighted by Gasteiger charge is 2.42. The number of nitrogens with zero attached hydrogens (tertiary/aromatic N) is 5. The highest BCUT2D eigenvalue weighted by molar-refractivity contribution is 5.91. The Morgan fingerprint density at radius 3 is 1.97 bits per heavy atom. The number of imidazole rings is 2. The van der Waals surface area contributed by atoms with E-state index in [1.54, 1.807) is 4.90 Å². The van der Waals surface area contributed by atoms with E-state index in [0.29, 0.717) is 19.5 Å². The van der Waals surface area contributed by atoms with Gasteiger partial charge < -0.3 is 44.8 Å². The zero-order chi connectivity index (χ0) is 43.4. The van der Waals surface area contributed by atoms with Crippen LogP contribution in [0.4, 0.5) is 9.59 Å². The van der Waals surface area contributed by atoms with Crippen LogP contribution in [0.2, 0.25) is 0 Å². The summed E-state index contributed by atoms with van der Waals surface area (Å²) < 4.78 is 9.55. The normalized spacial score (nSPS) is 18.7. The molecule has 322 valence electrons. The van der Waals surface area contributed by atoms with E-state index < -0.39 is 24.3 Å².